The Hall–Kier alpha value is -4.92. The van der Waals surface area contributed by atoms with Crippen molar-refractivity contribution in [2.45, 2.75) is 66.9 Å². The van der Waals surface area contributed by atoms with Gasteiger partial charge in [-0.15, -0.1) is 11.8 Å². The summed E-state index contributed by atoms with van der Waals surface area (Å²) in [7, 11) is -4.44. The summed E-state index contributed by atoms with van der Waals surface area (Å²) in [5, 5.41) is 16.5. The van der Waals surface area contributed by atoms with Crippen molar-refractivity contribution in [1.82, 2.24) is 14.5 Å². The van der Waals surface area contributed by atoms with Crippen molar-refractivity contribution in [2.75, 3.05) is 55.2 Å². The van der Waals surface area contributed by atoms with Crippen LogP contribution in [0.5, 0.6) is 0 Å². The Kier molecular flexibility index (Phi) is 13.6. The molecule has 1 amide bonds. The van der Waals surface area contributed by atoms with Crippen LogP contribution in [0.1, 0.15) is 53.6 Å². The van der Waals surface area contributed by atoms with E-state index in [1.807, 2.05) is 48.5 Å². The van der Waals surface area contributed by atoms with E-state index in [-0.39, 0.29) is 27.9 Å². The molecule has 5 aromatic rings. The lowest BCUT2D eigenvalue weighted by molar-refractivity contribution is -0.384. The number of piperazine rings is 1. The molecule has 14 heteroatoms. The van der Waals surface area contributed by atoms with Crippen molar-refractivity contribution in [1.29, 1.82) is 0 Å². The van der Waals surface area contributed by atoms with Gasteiger partial charge in [0.15, 0.2) is 0 Å². The minimum absolute atomic E-state index is 0.112. The zero-order valence-electron chi connectivity index (χ0n) is 34.0. The Bertz CT molecular complexity index is 2450. The lowest BCUT2D eigenvalue weighted by Crippen LogP contribution is -2.54. The molecular formula is C47H51ClN6O5S2. The molecule has 0 saturated carbocycles. The van der Waals surface area contributed by atoms with Gasteiger partial charge in [-0.25, -0.2) is 13.1 Å². The highest BCUT2D eigenvalue weighted by Crippen LogP contribution is 2.35. The van der Waals surface area contributed by atoms with Crippen LogP contribution < -0.4 is 14.9 Å². The van der Waals surface area contributed by atoms with Crippen LogP contribution in [-0.2, 0) is 23.0 Å². The first kappa shape index (κ1) is 42.8. The van der Waals surface area contributed by atoms with Crippen LogP contribution in [0.15, 0.2) is 125 Å². The van der Waals surface area contributed by atoms with E-state index in [0.29, 0.717) is 16.8 Å². The predicted molar refractivity (Wildman–Crippen MR) is 245 cm³/mol. The van der Waals surface area contributed by atoms with Crippen LogP contribution in [0.25, 0.3) is 11.1 Å². The van der Waals surface area contributed by atoms with Gasteiger partial charge in [0.25, 0.3) is 21.6 Å². The number of anilines is 2. The van der Waals surface area contributed by atoms with E-state index in [1.54, 1.807) is 23.9 Å². The van der Waals surface area contributed by atoms with Crippen LogP contribution in [0.2, 0.25) is 5.02 Å². The lowest BCUT2D eigenvalue weighted by atomic mass is 9.92. The number of thioether (sulfide) groups is 1. The third-order valence-electron chi connectivity index (χ3n) is 12.0. The summed E-state index contributed by atoms with van der Waals surface area (Å²) < 4.78 is 29.4. The number of benzene rings is 5. The summed E-state index contributed by atoms with van der Waals surface area (Å²) in [6.07, 6.45) is 6.00. The number of likely N-dealkylation sites (tertiary alicyclic amines) is 1. The number of halogens is 1. The van der Waals surface area contributed by atoms with Crippen LogP contribution in [0, 0.1) is 10.1 Å². The summed E-state index contributed by atoms with van der Waals surface area (Å²) in [4.78, 5) is 33.4. The van der Waals surface area contributed by atoms with Crippen molar-refractivity contribution < 1.29 is 18.1 Å². The number of nitro benzene ring substituents is 1. The number of hydrogen-bond acceptors (Lipinski definition) is 10. The number of piperidine rings is 1. The standard InChI is InChI=1S/C47H51ClN6O5S2/c48-38-17-13-34(14-18-38)43-12-6-5-9-37(43)31-52-27-28-53-40(32-52)19-15-35-29-36(16-22-45(35)53)47(55)50-61(58,59)42-20-21-44(46(30-42)54(56)57)49-39(23-26-51-24-7-2-8-25-51)33-60-41-10-3-1-4-11-41/h1,3-6,9-14,16-18,20-22,29-30,39-40,49H,2,7-8,15,19,23-28,31-33H2,(H,50,55)/t39-,40-/m1/s1. The van der Waals surface area contributed by atoms with Crippen molar-refractivity contribution in [2.24, 2.45) is 0 Å². The topological polar surface area (TPSA) is 128 Å². The Balaban J connectivity index is 0.914. The Morgan fingerprint density at radius 3 is 2.43 bits per heavy atom. The molecule has 5 aromatic carbocycles. The third-order valence-corrected chi connectivity index (χ3v) is 14.8. The Morgan fingerprint density at radius 1 is 0.869 bits per heavy atom. The van der Waals surface area contributed by atoms with Crippen LogP contribution in [0.4, 0.5) is 17.1 Å². The summed E-state index contributed by atoms with van der Waals surface area (Å²) in [5.74, 6) is -0.112. The normalized spacial score (nSPS) is 17.5. The lowest BCUT2D eigenvalue weighted by Gasteiger charge is -2.46. The van der Waals surface area contributed by atoms with Gasteiger partial charge in [-0.1, -0.05) is 72.6 Å². The molecule has 0 aliphatic carbocycles. The van der Waals surface area contributed by atoms with E-state index < -0.39 is 20.9 Å². The van der Waals surface area contributed by atoms with E-state index in [0.717, 1.165) is 92.9 Å². The quantitative estimate of drug-likeness (QED) is 0.0597. The Labute approximate surface area is 367 Å². The van der Waals surface area contributed by atoms with Gasteiger partial charge in [0.2, 0.25) is 0 Å². The predicted octanol–water partition coefficient (Wildman–Crippen LogP) is 9.12. The number of amides is 1. The smallest absolute Gasteiger partial charge is 0.293 e. The van der Waals surface area contributed by atoms with Gasteiger partial charge < -0.3 is 15.1 Å². The molecule has 3 aliphatic heterocycles. The van der Waals surface area contributed by atoms with Gasteiger partial charge in [0.1, 0.15) is 5.69 Å². The van der Waals surface area contributed by atoms with Gasteiger partial charge in [0.05, 0.1) is 9.82 Å². The van der Waals surface area contributed by atoms with Crippen molar-refractivity contribution in [3.63, 3.8) is 0 Å². The average Bonchev–Trinajstić information content (AvgIpc) is 3.28. The molecule has 3 heterocycles. The second-order valence-electron chi connectivity index (χ2n) is 16.2. The molecule has 2 N–H and O–H groups in total. The van der Waals surface area contributed by atoms with Gasteiger partial charge in [0, 0.05) is 77.8 Å². The van der Waals surface area contributed by atoms with Crippen molar-refractivity contribution in [3.05, 3.63) is 147 Å². The fraction of sp³-hybridized carbons (Fsp3) is 0.340. The molecule has 2 fully saturated rings. The minimum Gasteiger partial charge on any atom is -0.376 e. The molecule has 318 valence electrons. The zero-order chi connectivity index (χ0) is 42.3. The summed E-state index contributed by atoms with van der Waals surface area (Å²) in [6.45, 7) is 6.39. The maximum absolute atomic E-state index is 13.6. The van der Waals surface area contributed by atoms with Gasteiger partial charge >= 0.3 is 0 Å². The highest BCUT2D eigenvalue weighted by Gasteiger charge is 2.33. The molecule has 3 aliphatic rings. The SMILES string of the molecule is O=C(NS(=O)(=O)c1ccc(N[C@H](CCN2CCCCC2)CSc2ccccc2)c([N+](=O)[O-])c1)c1ccc2c(c1)CC[C@@H]1CN(Cc3ccccc3-c3ccc(Cl)cc3)CCN21. The zero-order valence-corrected chi connectivity index (χ0v) is 36.4. The number of nitrogens with zero attached hydrogens (tertiary/aromatic N) is 4. The van der Waals surface area contributed by atoms with Gasteiger partial charge in [-0.2, -0.15) is 0 Å². The molecule has 11 nitrogen and oxygen atoms in total. The first-order chi connectivity index (χ1) is 29.6. The number of carbonyl (C=O) groups is 1. The number of rotatable bonds is 15. The van der Waals surface area contributed by atoms with Crippen LogP contribution >= 0.6 is 23.4 Å². The summed E-state index contributed by atoms with van der Waals surface area (Å²) >= 11 is 7.83. The summed E-state index contributed by atoms with van der Waals surface area (Å²) in [5.41, 5.74) is 5.76. The second-order valence-corrected chi connectivity index (χ2v) is 19.4. The highest BCUT2D eigenvalue weighted by molar-refractivity contribution is 7.99. The van der Waals surface area contributed by atoms with Crippen molar-refractivity contribution in [3.8, 4) is 11.1 Å². The number of nitro groups is 1. The number of sulfonamides is 1. The fourth-order valence-electron chi connectivity index (χ4n) is 8.81. The van der Waals surface area contributed by atoms with E-state index in [9.17, 15) is 23.3 Å². The molecule has 0 aromatic heterocycles. The molecule has 2 saturated heterocycles. The molecule has 8 rings (SSSR count). The Morgan fingerprint density at radius 2 is 1.64 bits per heavy atom. The van der Waals surface area contributed by atoms with Crippen LogP contribution in [0.3, 0.4) is 0 Å². The first-order valence-electron chi connectivity index (χ1n) is 21.1. The molecule has 61 heavy (non-hydrogen) atoms. The monoisotopic (exact) mass is 878 g/mol. The van der Waals surface area contributed by atoms with Gasteiger partial charge in [-0.3, -0.25) is 19.8 Å². The molecule has 0 spiro atoms. The van der Waals surface area contributed by atoms with Gasteiger partial charge in [-0.05, 0) is 122 Å². The van der Waals surface area contributed by atoms with E-state index in [1.165, 1.54) is 42.5 Å². The largest absolute Gasteiger partial charge is 0.376 e. The third kappa shape index (κ3) is 10.6. The fourth-order valence-corrected chi connectivity index (χ4v) is 10.9. The van der Waals surface area contributed by atoms with E-state index in [4.69, 9.17) is 11.6 Å². The second kappa shape index (κ2) is 19.4. The maximum atomic E-state index is 13.6. The molecule has 2 atom stereocenters. The number of hydrogen-bond donors (Lipinski definition) is 2. The molecule has 0 bridgehead atoms. The minimum atomic E-state index is -4.44. The molecular weight excluding hydrogens is 828 g/mol. The number of fused-ring (bicyclic) bond motifs is 3. The number of carbonyl (C=O) groups excluding carboxylic acids is 1. The average molecular weight is 880 g/mol. The number of aryl methyl sites for hydroxylation is 1. The maximum Gasteiger partial charge on any atom is 0.293 e. The van der Waals surface area contributed by atoms with Crippen molar-refractivity contribution >= 4 is 56.4 Å². The number of nitrogens with one attached hydrogen (secondary N) is 2. The molecule has 0 unspecified atom stereocenters. The van der Waals surface area contributed by atoms with Crippen LogP contribution in [-0.4, -0.2) is 86.2 Å². The first-order valence-corrected chi connectivity index (χ1v) is 23.9. The van der Waals surface area contributed by atoms with E-state index >= 15 is 0 Å². The van der Waals surface area contributed by atoms with E-state index in [2.05, 4.69) is 61.1 Å². The summed E-state index contributed by atoms with van der Waals surface area (Å²) in [6, 6.07) is 35.8. The molecule has 0 radical (unpaired) electrons. The highest BCUT2D eigenvalue weighted by atomic mass is 35.5.